The smallest absolute Gasteiger partial charge is 0.259 e. The van der Waals surface area contributed by atoms with Gasteiger partial charge >= 0.3 is 0 Å². The number of benzene rings is 2. The zero-order valence-corrected chi connectivity index (χ0v) is 19.6. The highest BCUT2D eigenvalue weighted by molar-refractivity contribution is 6.42. The van der Waals surface area contributed by atoms with Crippen molar-refractivity contribution in [2.75, 3.05) is 11.6 Å². The molecule has 0 aromatic heterocycles. The van der Waals surface area contributed by atoms with Gasteiger partial charge in [0.2, 0.25) is 11.8 Å². The van der Waals surface area contributed by atoms with Gasteiger partial charge in [-0.3, -0.25) is 24.2 Å². The molecule has 2 saturated carbocycles. The van der Waals surface area contributed by atoms with Crippen molar-refractivity contribution in [1.29, 1.82) is 0 Å². The number of hydrogen-bond donors (Lipinski definition) is 0. The molecule has 0 spiro atoms. The zero-order chi connectivity index (χ0) is 23.0. The first kappa shape index (κ1) is 21.2. The Bertz CT molecular complexity index is 1190. The quantitative estimate of drug-likeness (QED) is 0.422. The standard InChI is InChI=1S/C25H19Cl3N2O3/c26-13-2-4-14(5-3-13)29(23(31)12-1-8-19(27)20(28)9-12)11-30-24(32)21-15-6-7-16(18-10-17(15)18)22(21)25(30)33/h1-9,15-18,21-22H,10-11H2/t15-,16-,17-,18+,21+,22+/m1/s1. The van der Waals surface area contributed by atoms with E-state index < -0.39 is 5.91 Å². The molecule has 2 aromatic carbocycles. The van der Waals surface area contributed by atoms with Crippen LogP contribution in [0.4, 0.5) is 5.69 Å². The lowest BCUT2D eigenvalue weighted by molar-refractivity contribution is -0.140. The third-order valence-electron chi connectivity index (χ3n) is 7.59. The molecule has 6 atom stereocenters. The Labute approximate surface area is 205 Å². The van der Waals surface area contributed by atoms with Crippen LogP contribution in [-0.2, 0) is 9.59 Å². The molecule has 8 heteroatoms. The Kier molecular flexibility index (Phi) is 4.88. The summed E-state index contributed by atoms with van der Waals surface area (Å²) < 4.78 is 0. The first-order valence-corrected chi connectivity index (χ1v) is 12.0. The first-order valence-electron chi connectivity index (χ1n) is 10.9. The molecule has 7 rings (SSSR count). The van der Waals surface area contributed by atoms with Gasteiger partial charge in [-0.05, 0) is 72.6 Å². The Morgan fingerprint density at radius 2 is 1.48 bits per heavy atom. The highest BCUT2D eigenvalue weighted by Crippen LogP contribution is 2.65. The minimum Gasteiger partial charge on any atom is -0.290 e. The molecule has 0 unspecified atom stereocenters. The second-order valence-corrected chi connectivity index (χ2v) is 10.5. The molecule has 0 radical (unpaired) electrons. The Hall–Kier alpha value is -2.34. The van der Waals surface area contributed by atoms with Gasteiger partial charge in [-0.2, -0.15) is 0 Å². The van der Waals surface area contributed by atoms with Gasteiger partial charge in [0.25, 0.3) is 5.91 Å². The summed E-state index contributed by atoms with van der Waals surface area (Å²) in [7, 11) is 0. The largest absolute Gasteiger partial charge is 0.290 e. The van der Waals surface area contributed by atoms with Gasteiger partial charge in [-0.15, -0.1) is 0 Å². The number of carbonyl (C=O) groups is 3. The Morgan fingerprint density at radius 3 is 2.06 bits per heavy atom. The summed E-state index contributed by atoms with van der Waals surface area (Å²) in [6.07, 6.45) is 5.36. The van der Waals surface area contributed by atoms with Crippen LogP contribution in [0.5, 0.6) is 0 Å². The van der Waals surface area contributed by atoms with Crippen molar-refractivity contribution >= 4 is 58.2 Å². The lowest BCUT2D eigenvalue weighted by Crippen LogP contribution is -2.45. The SMILES string of the molecule is O=C1[C@H]2[C@@H]3C=C[C@H]([C@@H]4C[C@H]34)[C@@H]2C(=O)N1CN(C(=O)c1ccc(Cl)c(Cl)c1)c1ccc(Cl)cc1. The fourth-order valence-corrected chi connectivity index (χ4v) is 6.39. The molecule has 33 heavy (non-hydrogen) atoms. The van der Waals surface area contributed by atoms with Gasteiger partial charge in [0.15, 0.2) is 0 Å². The van der Waals surface area contributed by atoms with Crippen molar-refractivity contribution in [3.8, 4) is 0 Å². The molecule has 2 aromatic rings. The average molecular weight is 502 g/mol. The number of amides is 3. The van der Waals surface area contributed by atoms with E-state index in [0.717, 1.165) is 6.42 Å². The van der Waals surface area contributed by atoms with Crippen molar-refractivity contribution < 1.29 is 14.4 Å². The maximum Gasteiger partial charge on any atom is 0.259 e. The third-order valence-corrected chi connectivity index (χ3v) is 8.58. The number of rotatable bonds is 4. The van der Waals surface area contributed by atoms with Crippen LogP contribution in [0.1, 0.15) is 16.8 Å². The zero-order valence-electron chi connectivity index (χ0n) is 17.3. The van der Waals surface area contributed by atoms with E-state index in [9.17, 15) is 14.4 Å². The van der Waals surface area contributed by atoms with Gasteiger partial charge in [0.05, 0.1) is 21.9 Å². The molecule has 5 nitrogen and oxygen atoms in total. The first-order chi connectivity index (χ1) is 15.8. The van der Waals surface area contributed by atoms with Gasteiger partial charge in [0.1, 0.15) is 6.67 Å². The molecule has 168 valence electrons. The van der Waals surface area contributed by atoms with Crippen LogP contribution in [0.3, 0.4) is 0 Å². The highest BCUT2D eigenvalue weighted by Gasteiger charge is 2.67. The summed E-state index contributed by atoms with van der Waals surface area (Å²) in [6, 6.07) is 11.3. The molecule has 3 amide bonds. The van der Waals surface area contributed by atoms with E-state index in [1.807, 2.05) is 0 Å². The van der Waals surface area contributed by atoms with E-state index >= 15 is 0 Å². The van der Waals surface area contributed by atoms with E-state index in [-0.39, 0.29) is 47.2 Å². The summed E-state index contributed by atoms with van der Waals surface area (Å²) in [5, 5.41) is 1.10. The van der Waals surface area contributed by atoms with Gasteiger partial charge in [0, 0.05) is 16.3 Å². The highest BCUT2D eigenvalue weighted by atomic mass is 35.5. The van der Waals surface area contributed by atoms with Crippen molar-refractivity contribution in [3.63, 3.8) is 0 Å². The number of allylic oxidation sites excluding steroid dienone is 2. The third kappa shape index (κ3) is 3.24. The van der Waals surface area contributed by atoms with E-state index in [1.54, 1.807) is 36.4 Å². The average Bonchev–Trinajstić information content (AvgIpc) is 3.59. The van der Waals surface area contributed by atoms with Crippen LogP contribution in [0.15, 0.2) is 54.6 Å². The van der Waals surface area contributed by atoms with Gasteiger partial charge < -0.3 is 0 Å². The fraction of sp³-hybridized carbons (Fsp3) is 0.320. The monoisotopic (exact) mass is 500 g/mol. The molecule has 5 aliphatic rings. The van der Waals surface area contributed by atoms with E-state index in [1.165, 1.54) is 15.9 Å². The molecule has 0 N–H and O–H groups in total. The van der Waals surface area contributed by atoms with Crippen LogP contribution >= 0.6 is 34.8 Å². The predicted octanol–water partition coefficient (Wildman–Crippen LogP) is 5.30. The predicted molar refractivity (Wildman–Crippen MR) is 126 cm³/mol. The maximum absolute atomic E-state index is 13.5. The lowest BCUT2D eigenvalue weighted by atomic mass is 9.63. The summed E-state index contributed by atoms with van der Waals surface area (Å²) in [5.74, 6) is -0.109. The van der Waals surface area contributed by atoms with Crippen LogP contribution in [-0.4, -0.2) is 29.3 Å². The lowest BCUT2D eigenvalue weighted by Gasteiger charge is -2.37. The van der Waals surface area contributed by atoms with E-state index in [4.69, 9.17) is 34.8 Å². The van der Waals surface area contributed by atoms with Crippen LogP contribution in [0, 0.1) is 35.5 Å². The van der Waals surface area contributed by atoms with Crippen LogP contribution < -0.4 is 4.90 Å². The summed E-state index contributed by atoms with van der Waals surface area (Å²) in [5.41, 5.74) is 0.828. The number of imide groups is 1. The Morgan fingerprint density at radius 1 is 0.879 bits per heavy atom. The van der Waals surface area contributed by atoms with Gasteiger partial charge in [-0.25, -0.2) is 0 Å². The molecule has 4 aliphatic carbocycles. The summed E-state index contributed by atoms with van der Waals surface area (Å²) in [6.45, 7) is -0.167. The normalized spacial score (nSPS) is 30.9. The number of hydrogen-bond acceptors (Lipinski definition) is 3. The maximum atomic E-state index is 13.5. The number of carbonyl (C=O) groups excluding carboxylic acids is 3. The van der Waals surface area contributed by atoms with E-state index in [0.29, 0.717) is 33.1 Å². The molecular formula is C25H19Cl3N2O3. The van der Waals surface area contributed by atoms with Crippen LogP contribution in [0.2, 0.25) is 15.1 Å². The van der Waals surface area contributed by atoms with Gasteiger partial charge in [-0.1, -0.05) is 47.0 Å². The van der Waals surface area contributed by atoms with Crippen LogP contribution in [0.25, 0.3) is 0 Å². The summed E-state index contributed by atoms with van der Waals surface area (Å²) in [4.78, 5) is 43.1. The minimum absolute atomic E-state index is 0.126. The number of anilines is 1. The van der Waals surface area contributed by atoms with Crippen molar-refractivity contribution in [1.82, 2.24) is 4.90 Å². The van der Waals surface area contributed by atoms with Crippen molar-refractivity contribution in [2.45, 2.75) is 6.42 Å². The molecule has 1 heterocycles. The van der Waals surface area contributed by atoms with Crippen molar-refractivity contribution in [3.05, 3.63) is 75.2 Å². The molecule has 2 bridgehead atoms. The van der Waals surface area contributed by atoms with Crippen molar-refractivity contribution in [2.24, 2.45) is 35.5 Å². The second kappa shape index (κ2) is 7.59. The number of halogens is 3. The molecule has 1 aliphatic heterocycles. The Balaban J connectivity index is 1.34. The minimum atomic E-state index is -0.393. The molecular weight excluding hydrogens is 483 g/mol. The summed E-state index contributed by atoms with van der Waals surface area (Å²) >= 11 is 18.2. The molecule has 3 fully saturated rings. The molecule has 1 saturated heterocycles. The second-order valence-electron chi connectivity index (χ2n) is 9.24. The number of nitrogens with zero attached hydrogens (tertiary/aromatic N) is 2. The van der Waals surface area contributed by atoms with E-state index in [2.05, 4.69) is 12.2 Å². The number of likely N-dealkylation sites (tertiary alicyclic amines) is 1. The fourth-order valence-electron chi connectivity index (χ4n) is 5.97. The topological polar surface area (TPSA) is 57.7 Å².